The van der Waals surface area contributed by atoms with Gasteiger partial charge in [0.1, 0.15) is 11.6 Å². The minimum atomic E-state index is -0.244. The van der Waals surface area contributed by atoms with Gasteiger partial charge >= 0.3 is 0 Å². The van der Waals surface area contributed by atoms with Crippen LogP contribution >= 0.6 is 0 Å². The predicted molar refractivity (Wildman–Crippen MR) is 121 cm³/mol. The Morgan fingerprint density at radius 3 is 2.68 bits per heavy atom. The van der Waals surface area contributed by atoms with Gasteiger partial charge in [-0.2, -0.15) is 0 Å². The molecule has 2 aliphatic rings. The van der Waals surface area contributed by atoms with Crippen molar-refractivity contribution in [2.75, 3.05) is 46.0 Å². The van der Waals surface area contributed by atoms with Gasteiger partial charge in [-0.25, -0.2) is 4.39 Å². The number of nitrogens with zero attached hydrogens (tertiary/aromatic N) is 2. The van der Waals surface area contributed by atoms with E-state index in [0.717, 1.165) is 77.5 Å². The van der Waals surface area contributed by atoms with E-state index in [1.54, 1.807) is 12.1 Å². The standard InChI is InChI=1S/C24H38FN3O3/c1-2-26-24(27-14-4-6-18-29-21-10-8-20(25)9-11-21)28-15-12-22(13-16-28)31-19-23-7-3-5-17-30-23/h8-11,22-23H,2-7,12-19H2,1H3,(H,26,27). The third kappa shape index (κ3) is 8.65. The second kappa shape index (κ2) is 13.5. The molecule has 0 spiro atoms. The molecule has 0 radical (unpaired) electrons. The maximum absolute atomic E-state index is 12.9. The second-order valence-electron chi connectivity index (χ2n) is 8.25. The van der Waals surface area contributed by atoms with E-state index in [1.165, 1.54) is 25.0 Å². The molecule has 31 heavy (non-hydrogen) atoms. The molecule has 174 valence electrons. The summed E-state index contributed by atoms with van der Waals surface area (Å²) in [5, 5.41) is 3.42. The lowest BCUT2D eigenvalue weighted by Gasteiger charge is -2.35. The quantitative estimate of drug-likeness (QED) is 0.342. The number of halogens is 1. The van der Waals surface area contributed by atoms with Crippen molar-refractivity contribution >= 4 is 5.96 Å². The zero-order valence-corrected chi connectivity index (χ0v) is 18.9. The van der Waals surface area contributed by atoms with Crippen molar-refractivity contribution in [3.8, 4) is 5.75 Å². The normalized spacial score (nSPS) is 20.6. The molecule has 7 heteroatoms. The van der Waals surface area contributed by atoms with Crippen LogP contribution < -0.4 is 10.1 Å². The Kier molecular flexibility index (Phi) is 10.4. The van der Waals surface area contributed by atoms with Crippen LogP contribution in [0.3, 0.4) is 0 Å². The molecule has 6 nitrogen and oxygen atoms in total. The van der Waals surface area contributed by atoms with Crippen LogP contribution in [0.15, 0.2) is 29.3 Å². The molecule has 3 rings (SSSR count). The van der Waals surface area contributed by atoms with Gasteiger partial charge < -0.3 is 24.4 Å². The van der Waals surface area contributed by atoms with Crippen molar-refractivity contribution in [2.45, 2.75) is 64.1 Å². The molecular formula is C24H38FN3O3. The van der Waals surface area contributed by atoms with Crippen LogP contribution in [0.1, 0.15) is 51.9 Å². The number of guanidine groups is 1. The highest BCUT2D eigenvalue weighted by atomic mass is 19.1. The predicted octanol–water partition coefficient (Wildman–Crippen LogP) is 4.00. The molecule has 1 N–H and O–H groups in total. The lowest BCUT2D eigenvalue weighted by Crippen LogP contribution is -2.47. The highest BCUT2D eigenvalue weighted by molar-refractivity contribution is 5.80. The van der Waals surface area contributed by atoms with E-state index in [4.69, 9.17) is 19.2 Å². The summed E-state index contributed by atoms with van der Waals surface area (Å²) < 4.78 is 30.5. The van der Waals surface area contributed by atoms with Gasteiger partial charge in [0.05, 0.1) is 25.4 Å². The SMILES string of the molecule is CCNC(=NCCCCOc1ccc(F)cc1)N1CCC(OCC2CCCCO2)CC1. The van der Waals surface area contributed by atoms with Gasteiger partial charge in [0, 0.05) is 32.8 Å². The average molecular weight is 436 g/mol. The van der Waals surface area contributed by atoms with E-state index in [9.17, 15) is 4.39 Å². The fourth-order valence-corrected chi connectivity index (χ4v) is 3.96. The molecule has 0 aliphatic carbocycles. The molecule has 2 aliphatic heterocycles. The summed E-state index contributed by atoms with van der Waals surface area (Å²) >= 11 is 0. The van der Waals surface area contributed by atoms with Crippen LogP contribution in [-0.2, 0) is 9.47 Å². The molecule has 0 aromatic heterocycles. The Morgan fingerprint density at radius 2 is 1.97 bits per heavy atom. The maximum Gasteiger partial charge on any atom is 0.193 e. The third-order valence-electron chi connectivity index (χ3n) is 5.76. The van der Waals surface area contributed by atoms with E-state index >= 15 is 0 Å². The molecule has 0 saturated carbocycles. The zero-order chi connectivity index (χ0) is 21.7. The number of likely N-dealkylation sites (tertiary alicyclic amines) is 1. The van der Waals surface area contributed by atoms with Crippen molar-refractivity contribution in [1.29, 1.82) is 0 Å². The number of hydrogen-bond acceptors (Lipinski definition) is 4. The van der Waals surface area contributed by atoms with E-state index in [-0.39, 0.29) is 11.9 Å². The smallest absolute Gasteiger partial charge is 0.193 e. The van der Waals surface area contributed by atoms with Crippen molar-refractivity contribution in [1.82, 2.24) is 10.2 Å². The number of piperidine rings is 1. The first-order chi connectivity index (χ1) is 15.2. The van der Waals surface area contributed by atoms with Gasteiger partial charge in [-0.3, -0.25) is 4.99 Å². The van der Waals surface area contributed by atoms with E-state index < -0.39 is 0 Å². The summed E-state index contributed by atoms with van der Waals surface area (Å²) in [6.07, 6.45) is 8.12. The number of aliphatic imine (C=N–C) groups is 1. The lowest BCUT2D eigenvalue weighted by atomic mass is 10.1. The molecule has 2 saturated heterocycles. The first-order valence-electron chi connectivity index (χ1n) is 11.9. The molecule has 1 aromatic rings. The van der Waals surface area contributed by atoms with Gasteiger partial charge in [-0.15, -0.1) is 0 Å². The molecular weight excluding hydrogens is 397 g/mol. The second-order valence-corrected chi connectivity index (χ2v) is 8.25. The zero-order valence-electron chi connectivity index (χ0n) is 18.9. The minimum Gasteiger partial charge on any atom is -0.494 e. The fourth-order valence-electron chi connectivity index (χ4n) is 3.96. The minimum absolute atomic E-state index is 0.244. The van der Waals surface area contributed by atoms with E-state index in [0.29, 0.717) is 18.5 Å². The largest absolute Gasteiger partial charge is 0.494 e. The number of ether oxygens (including phenoxy) is 3. The Morgan fingerprint density at radius 1 is 1.16 bits per heavy atom. The van der Waals surface area contributed by atoms with Crippen molar-refractivity contribution in [3.05, 3.63) is 30.1 Å². The van der Waals surface area contributed by atoms with Crippen molar-refractivity contribution < 1.29 is 18.6 Å². The number of hydrogen-bond donors (Lipinski definition) is 1. The van der Waals surface area contributed by atoms with Gasteiger partial charge in [-0.1, -0.05) is 0 Å². The number of benzene rings is 1. The van der Waals surface area contributed by atoms with Crippen molar-refractivity contribution in [2.24, 2.45) is 4.99 Å². The molecule has 0 amide bonds. The van der Waals surface area contributed by atoms with E-state index in [2.05, 4.69) is 17.1 Å². The van der Waals surface area contributed by atoms with Gasteiger partial charge in [0.25, 0.3) is 0 Å². The number of rotatable bonds is 10. The molecule has 2 fully saturated rings. The molecule has 1 atom stereocenters. The Balaban J connectivity index is 1.31. The van der Waals surface area contributed by atoms with Gasteiger partial charge in [-0.05, 0) is 76.1 Å². The monoisotopic (exact) mass is 435 g/mol. The Hall–Kier alpha value is -1.86. The number of unbranched alkanes of at least 4 members (excludes halogenated alkanes) is 1. The summed E-state index contributed by atoms with van der Waals surface area (Å²) in [6.45, 7) is 7.90. The highest BCUT2D eigenvalue weighted by Gasteiger charge is 2.23. The summed E-state index contributed by atoms with van der Waals surface area (Å²) in [6, 6.07) is 6.15. The highest BCUT2D eigenvalue weighted by Crippen LogP contribution is 2.18. The van der Waals surface area contributed by atoms with Gasteiger partial charge in [0.2, 0.25) is 0 Å². The molecule has 0 bridgehead atoms. The lowest BCUT2D eigenvalue weighted by molar-refractivity contribution is -0.0721. The van der Waals surface area contributed by atoms with Crippen LogP contribution in [0, 0.1) is 5.82 Å². The van der Waals surface area contributed by atoms with Crippen LogP contribution in [-0.4, -0.2) is 69.1 Å². The summed E-state index contributed by atoms with van der Waals surface area (Å²) in [7, 11) is 0. The Labute approximate surface area is 186 Å². The topological polar surface area (TPSA) is 55.3 Å². The summed E-state index contributed by atoms with van der Waals surface area (Å²) in [5.41, 5.74) is 0. The fraction of sp³-hybridized carbons (Fsp3) is 0.708. The summed E-state index contributed by atoms with van der Waals surface area (Å²) in [5.74, 6) is 1.46. The molecule has 2 heterocycles. The van der Waals surface area contributed by atoms with Crippen LogP contribution in [0.5, 0.6) is 5.75 Å². The van der Waals surface area contributed by atoms with Crippen LogP contribution in [0.25, 0.3) is 0 Å². The molecule has 1 aromatic carbocycles. The van der Waals surface area contributed by atoms with E-state index in [1.807, 2.05) is 0 Å². The number of nitrogens with one attached hydrogen (secondary N) is 1. The average Bonchev–Trinajstić information content (AvgIpc) is 2.81. The first-order valence-corrected chi connectivity index (χ1v) is 11.9. The van der Waals surface area contributed by atoms with Crippen LogP contribution in [0.2, 0.25) is 0 Å². The maximum atomic E-state index is 12.9. The van der Waals surface area contributed by atoms with Crippen LogP contribution in [0.4, 0.5) is 4.39 Å². The van der Waals surface area contributed by atoms with Crippen molar-refractivity contribution in [3.63, 3.8) is 0 Å². The van der Waals surface area contributed by atoms with Gasteiger partial charge in [0.15, 0.2) is 5.96 Å². The third-order valence-corrected chi connectivity index (χ3v) is 5.76. The Bertz CT molecular complexity index is 642. The first kappa shape index (κ1) is 23.8. The summed E-state index contributed by atoms with van der Waals surface area (Å²) in [4.78, 5) is 7.15. The molecule has 1 unspecified atom stereocenters.